The highest BCUT2D eigenvalue weighted by Crippen LogP contribution is 2.41. The Morgan fingerprint density at radius 3 is 1.03 bits per heavy atom. The number of rotatable bonds is 6. The lowest BCUT2D eigenvalue weighted by Crippen LogP contribution is -1.94. The molecule has 10 aromatic carbocycles. The summed E-state index contributed by atoms with van der Waals surface area (Å²) in [6, 6.07) is 80.7. The number of hydrogen-bond acceptors (Lipinski definition) is 1. The van der Waals surface area contributed by atoms with E-state index >= 15 is 0 Å². The normalized spacial score (nSPS) is 12.1. The van der Waals surface area contributed by atoms with Gasteiger partial charge in [-0.2, -0.15) is 0 Å². The third-order valence-electron chi connectivity index (χ3n) is 14.2. The van der Waals surface area contributed by atoms with E-state index in [0.717, 1.165) is 11.4 Å². The van der Waals surface area contributed by atoms with Crippen LogP contribution in [0.15, 0.2) is 228 Å². The van der Waals surface area contributed by atoms with Crippen LogP contribution in [0.1, 0.15) is 0 Å². The van der Waals surface area contributed by atoms with E-state index in [0.29, 0.717) is 0 Å². The maximum Gasteiger partial charge on any atom is 0.0541 e. The number of nitrogens with zero attached hydrogens (tertiary/aromatic N) is 4. The average molecular weight is 875 g/mol. The van der Waals surface area contributed by atoms with Crippen molar-refractivity contribution in [1.82, 2.24) is 18.3 Å². The van der Waals surface area contributed by atoms with Gasteiger partial charge < -0.3 is 18.3 Å². The van der Waals surface area contributed by atoms with Crippen LogP contribution < -0.4 is 0 Å². The molecule has 0 saturated carbocycles. The van der Waals surface area contributed by atoms with E-state index < -0.39 is 0 Å². The molecule has 4 nitrogen and oxygen atoms in total. The number of fused-ring (bicyclic) bond motifs is 12. The molecule has 0 spiro atoms. The zero-order valence-corrected chi connectivity index (χ0v) is 37.8. The minimum absolute atomic E-state index is 1.15. The summed E-state index contributed by atoms with van der Waals surface area (Å²) in [6.45, 7) is 0. The Labute approximate surface area is 391 Å². The number of aromatic nitrogens is 4. The van der Waals surface area contributed by atoms with Crippen molar-refractivity contribution in [3.8, 4) is 33.6 Å². The van der Waals surface area contributed by atoms with Crippen molar-refractivity contribution in [2.75, 3.05) is 0 Å². The van der Waals surface area contributed by atoms with Gasteiger partial charge in [-0.05, 0) is 131 Å². The summed E-state index contributed by atoms with van der Waals surface area (Å²) in [5.74, 6) is 0. The van der Waals surface area contributed by atoms with Crippen LogP contribution in [0, 0.1) is 0 Å². The summed E-state index contributed by atoms with van der Waals surface area (Å²) in [6.07, 6.45) is 0. The smallest absolute Gasteiger partial charge is 0.0541 e. The molecule has 0 atom stereocenters. The fourth-order valence-corrected chi connectivity index (χ4v) is 12.0. The standard InChI is InChI=1S/C62H42N4S/c1-63-55-21-7-3-17-47(55)51-35-41(25-29-57(51)63)39-13-11-15-43(33-39)65-59-23-9-5-19-49(59)53-37-45(27-31-61(53)65)67-46-28-32-62-54(38-46)50-20-6-10-24-60(50)66(62)44-16-12-14-40(34-44)42-26-30-58-52(36-42)48-18-4-8-22-56(48)64(58)2/h3-38H,1-2H3. The highest BCUT2D eigenvalue weighted by atomic mass is 32.2. The molecule has 5 heteroatoms. The summed E-state index contributed by atoms with van der Waals surface area (Å²) in [5, 5.41) is 10.1. The van der Waals surface area contributed by atoms with Crippen LogP contribution >= 0.6 is 11.8 Å². The maximum atomic E-state index is 2.43. The molecular weight excluding hydrogens is 833 g/mol. The lowest BCUT2D eigenvalue weighted by molar-refractivity contribution is 1.01. The second-order valence-electron chi connectivity index (χ2n) is 17.9. The Morgan fingerprint density at radius 1 is 0.254 bits per heavy atom. The molecule has 0 amide bonds. The van der Waals surface area contributed by atoms with Crippen molar-refractivity contribution in [1.29, 1.82) is 0 Å². The van der Waals surface area contributed by atoms with E-state index in [1.54, 1.807) is 0 Å². The van der Waals surface area contributed by atoms with Crippen LogP contribution in [0.5, 0.6) is 0 Å². The molecule has 14 rings (SSSR count). The highest BCUT2D eigenvalue weighted by Gasteiger charge is 2.18. The van der Waals surface area contributed by atoms with Gasteiger partial charge in [0.1, 0.15) is 0 Å². The molecule has 0 fully saturated rings. The molecule has 0 aliphatic rings. The number of hydrogen-bond donors (Lipinski definition) is 0. The van der Waals surface area contributed by atoms with E-state index in [-0.39, 0.29) is 0 Å². The zero-order chi connectivity index (χ0) is 44.3. The van der Waals surface area contributed by atoms with E-state index in [4.69, 9.17) is 0 Å². The first-order chi connectivity index (χ1) is 33.0. The minimum atomic E-state index is 1.15. The lowest BCUT2D eigenvalue weighted by atomic mass is 10.0. The summed E-state index contributed by atoms with van der Waals surface area (Å²) in [7, 11) is 4.31. The van der Waals surface area contributed by atoms with Gasteiger partial charge in [0.25, 0.3) is 0 Å². The quantitative estimate of drug-likeness (QED) is 0.163. The first-order valence-electron chi connectivity index (χ1n) is 22.9. The molecule has 4 heterocycles. The number of benzene rings is 10. The molecule has 0 radical (unpaired) electrons. The van der Waals surface area contributed by atoms with Gasteiger partial charge in [-0.1, -0.05) is 121 Å². The molecule has 316 valence electrons. The van der Waals surface area contributed by atoms with Crippen molar-refractivity contribution < 1.29 is 0 Å². The molecule has 0 unspecified atom stereocenters. The van der Waals surface area contributed by atoms with Gasteiger partial charge in [-0.25, -0.2) is 0 Å². The Hall–Kier alpha value is -8.25. The molecule has 0 bridgehead atoms. The molecule has 0 aliphatic carbocycles. The van der Waals surface area contributed by atoms with E-state index in [1.807, 2.05) is 11.8 Å². The van der Waals surface area contributed by atoms with Gasteiger partial charge in [0.15, 0.2) is 0 Å². The van der Waals surface area contributed by atoms with Crippen LogP contribution in [0.25, 0.3) is 121 Å². The Kier molecular flexibility index (Phi) is 8.31. The minimum Gasteiger partial charge on any atom is -0.344 e. The van der Waals surface area contributed by atoms with Gasteiger partial charge in [-0.3, -0.25) is 0 Å². The Balaban J connectivity index is 0.823. The highest BCUT2D eigenvalue weighted by molar-refractivity contribution is 7.99. The van der Waals surface area contributed by atoms with Crippen LogP contribution in [0.4, 0.5) is 0 Å². The van der Waals surface area contributed by atoms with Crippen molar-refractivity contribution in [2.45, 2.75) is 9.79 Å². The third-order valence-corrected chi connectivity index (χ3v) is 15.2. The van der Waals surface area contributed by atoms with E-state index in [2.05, 4.69) is 251 Å². The van der Waals surface area contributed by atoms with E-state index in [1.165, 1.54) is 119 Å². The van der Waals surface area contributed by atoms with Gasteiger partial charge in [0.05, 0.1) is 22.1 Å². The molecule has 0 aliphatic heterocycles. The second kappa shape index (κ2) is 14.6. The lowest BCUT2D eigenvalue weighted by Gasteiger charge is -2.11. The van der Waals surface area contributed by atoms with Gasteiger partial charge >= 0.3 is 0 Å². The van der Waals surface area contributed by atoms with Crippen molar-refractivity contribution >= 4 is 99.0 Å². The molecular formula is C62H42N4S. The summed E-state index contributed by atoms with van der Waals surface area (Å²) >= 11 is 1.83. The average Bonchev–Trinajstić information content (AvgIpc) is 4.08. The van der Waals surface area contributed by atoms with Crippen LogP contribution in [-0.2, 0) is 14.1 Å². The van der Waals surface area contributed by atoms with Gasteiger partial charge in [0.2, 0.25) is 0 Å². The van der Waals surface area contributed by atoms with Gasteiger partial charge in [-0.15, -0.1) is 0 Å². The van der Waals surface area contributed by atoms with Crippen LogP contribution in [0.3, 0.4) is 0 Å². The predicted octanol–water partition coefficient (Wildman–Crippen LogP) is 16.7. The molecule has 0 saturated heterocycles. The Bertz CT molecular complexity index is 4070. The molecule has 67 heavy (non-hydrogen) atoms. The summed E-state index contributed by atoms with van der Waals surface area (Å²) in [5.41, 5.74) is 16.9. The second-order valence-corrected chi connectivity index (χ2v) is 19.0. The first kappa shape index (κ1) is 38.1. The van der Waals surface area contributed by atoms with E-state index in [9.17, 15) is 0 Å². The van der Waals surface area contributed by atoms with Crippen LogP contribution in [-0.4, -0.2) is 18.3 Å². The van der Waals surface area contributed by atoms with Crippen LogP contribution in [0.2, 0.25) is 0 Å². The van der Waals surface area contributed by atoms with Crippen molar-refractivity contribution in [2.24, 2.45) is 14.1 Å². The first-order valence-corrected chi connectivity index (χ1v) is 23.8. The van der Waals surface area contributed by atoms with Crippen molar-refractivity contribution in [3.05, 3.63) is 218 Å². The monoisotopic (exact) mass is 874 g/mol. The number of aryl methyl sites for hydroxylation is 2. The van der Waals surface area contributed by atoms with Crippen molar-refractivity contribution in [3.63, 3.8) is 0 Å². The molecule has 14 aromatic rings. The largest absolute Gasteiger partial charge is 0.344 e. The molecule has 0 N–H and O–H groups in total. The fraction of sp³-hybridized carbons (Fsp3) is 0.0323. The summed E-state index contributed by atoms with van der Waals surface area (Å²) in [4.78, 5) is 2.43. The fourth-order valence-electron chi connectivity index (χ4n) is 11.1. The Morgan fingerprint density at radius 2 is 0.582 bits per heavy atom. The topological polar surface area (TPSA) is 19.7 Å². The number of para-hydroxylation sites is 4. The summed E-state index contributed by atoms with van der Waals surface area (Å²) < 4.78 is 9.44. The molecule has 4 aromatic heterocycles. The van der Waals surface area contributed by atoms with Gasteiger partial charge in [0, 0.05) is 100 Å². The SMILES string of the molecule is Cn1c2ccccc2c2cc(-c3cccc(-n4c5ccccc5c5cc(Sc6ccc7c(c6)c6ccccc6n7-c6cccc(-c7ccc8c(c7)c7ccccc7n8C)c6)ccc54)c3)ccc21. The zero-order valence-electron chi connectivity index (χ0n) is 37.0. The third kappa shape index (κ3) is 5.81. The predicted molar refractivity (Wildman–Crippen MR) is 285 cm³/mol. The maximum absolute atomic E-state index is 2.43.